The standard InChI is InChI=1S/C8H17N3O3/c1-2-14-6-8(13)4-11(10)7(3-9)5-12/h2-3,8,12-13H,1,4-6,9-10H2/b7-3-. The summed E-state index contributed by atoms with van der Waals surface area (Å²) in [6.07, 6.45) is 1.65. The van der Waals surface area contributed by atoms with Gasteiger partial charge in [-0.3, -0.25) is 0 Å². The molecule has 0 aliphatic carbocycles. The number of hydrogen-bond acceptors (Lipinski definition) is 6. The Morgan fingerprint density at radius 2 is 2.29 bits per heavy atom. The van der Waals surface area contributed by atoms with E-state index in [0.717, 1.165) is 5.01 Å². The summed E-state index contributed by atoms with van der Waals surface area (Å²) in [5.74, 6) is 5.50. The zero-order valence-corrected chi connectivity index (χ0v) is 7.97. The first kappa shape index (κ1) is 12.8. The van der Waals surface area contributed by atoms with Gasteiger partial charge in [0.25, 0.3) is 0 Å². The topological polar surface area (TPSA) is 105 Å². The first-order valence-corrected chi connectivity index (χ1v) is 4.10. The molecule has 82 valence electrons. The monoisotopic (exact) mass is 203 g/mol. The molecule has 0 saturated heterocycles. The van der Waals surface area contributed by atoms with Gasteiger partial charge < -0.3 is 25.7 Å². The van der Waals surface area contributed by atoms with Gasteiger partial charge in [-0.2, -0.15) is 0 Å². The molecular formula is C8H17N3O3. The van der Waals surface area contributed by atoms with E-state index >= 15 is 0 Å². The average Bonchev–Trinajstić information content (AvgIpc) is 2.16. The number of ether oxygens (including phenoxy) is 1. The van der Waals surface area contributed by atoms with Gasteiger partial charge in [-0.25, -0.2) is 5.84 Å². The lowest BCUT2D eigenvalue weighted by atomic mass is 10.3. The highest BCUT2D eigenvalue weighted by molar-refractivity contribution is 4.97. The lowest BCUT2D eigenvalue weighted by Gasteiger charge is -2.22. The zero-order chi connectivity index (χ0) is 11.0. The minimum atomic E-state index is -0.764. The third-order valence-electron chi connectivity index (χ3n) is 1.54. The van der Waals surface area contributed by atoms with Crippen LogP contribution in [0, 0.1) is 0 Å². The first-order chi connectivity index (χ1) is 6.65. The molecule has 0 bridgehead atoms. The van der Waals surface area contributed by atoms with Crippen LogP contribution in [-0.4, -0.2) is 41.1 Å². The molecule has 0 aliphatic heterocycles. The van der Waals surface area contributed by atoms with Crippen molar-refractivity contribution in [3.05, 3.63) is 24.7 Å². The van der Waals surface area contributed by atoms with Crippen LogP contribution in [0.1, 0.15) is 0 Å². The van der Waals surface area contributed by atoms with Crippen molar-refractivity contribution in [2.45, 2.75) is 6.10 Å². The maximum absolute atomic E-state index is 9.35. The van der Waals surface area contributed by atoms with E-state index in [0.29, 0.717) is 5.70 Å². The highest BCUT2D eigenvalue weighted by atomic mass is 16.5. The maximum Gasteiger partial charge on any atom is 0.115 e. The fourth-order valence-electron chi connectivity index (χ4n) is 0.815. The van der Waals surface area contributed by atoms with E-state index in [1.807, 2.05) is 0 Å². The Morgan fingerprint density at radius 1 is 1.64 bits per heavy atom. The van der Waals surface area contributed by atoms with E-state index in [1.165, 1.54) is 12.5 Å². The Bertz CT molecular complexity index is 196. The summed E-state index contributed by atoms with van der Waals surface area (Å²) in [7, 11) is 0. The van der Waals surface area contributed by atoms with Crippen molar-refractivity contribution in [3.63, 3.8) is 0 Å². The van der Waals surface area contributed by atoms with Crippen LogP contribution in [0.25, 0.3) is 0 Å². The van der Waals surface area contributed by atoms with Crippen molar-refractivity contribution in [2.75, 3.05) is 19.8 Å². The molecule has 14 heavy (non-hydrogen) atoms. The Morgan fingerprint density at radius 3 is 2.71 bits per heavy atom. The number of hydrazine groups is 1. The normalized spacial score (nSPS) is 13.5. The predicted molar refractivity (Wildman–Crippen MR) is 52.4 cm³/mol. The molecule has 0 spiro atoms. The van der Waals surface area contributed by atoms with Crippen molar-refractivity contribution >= 4 is 0 Å². The summed E-state index contributed by atoms with van der Waals surface area (Å²) in [6.45, 7) is 3.27. The van der Waals surface area contributed by atoms with Crippen molar-refractivity contribution in [1.82, 2.24) is 5.01 Å². The van der Waals surface area contributed by atoms with Crippen LogP contribution in [0.3, 0.4) is 0 Å². The van der Waals surface area contributed by atoms with Gasteiger partial charge in [-0.05, 0) is 0 Å². The molecule has 6 nitrogen and oxygen atoms in total. The van der Waals surface area contributed by atoms with E-state index in [9.17, 15) is 5.11 Å². The molecule has 0 radical (unpaired) electrons. The number of nitrogens with zero attached hydrogens (tertiary/aromatic N) is 1. The van der Waals surface area contributed by atoms with Crippen LogP contribution in [0.15, 0.2) is 24.7 Å². The Labute approximate surface area is 83.0 Å². The van der Waals surface area contributed by atoms with Crippen molar-refractivity contribution in [1.29, 1.82) is 0 Å². The zero-order valence-electron chi connectivity index (χ0n) is 7.97. The third-order valence-corrected chi connectivity index (χ3v) is 1.54. The smallest absolute Gasteiger partial charge is 0.115 e. The van der Waals surface area contributed by atoms with E-state index in [-0.39, 0.29) is 19.8 Å². The van der Waals surface area contributed by atoms with Gasteiger partial charge in [0.15, 0.2) is 0 Å². The van der Waals surface area contributed by atoms with Crippen LogP contribution in [0.4, 0.5) is 0 Å². The quantitative estimate of drug-likeness (QED) is 0.227. The molecule has 0 aromatic heterocycles. The molecular weight excluding hydrogens is 186 g/mol. The summed E-state index contributed by atoms with van der Waals surface area (Å²) in [5, 5.41) is 19.3. The summed E-state index contributed by atoms with van der Waals surface area (Å²) in [4.78, 5) is 0. The summed E-state index contributed by atoms with van der Waals surface area (Å²) in [5.41, 5.74) is 5.52. The number of aliphatic hydroxyl groups excluding tert-OH is 2. The highest BCUT2D eigenvalue weighted by Gasteiger charge is 2.10. The average molecular weight is 203 g/mol. The third kappa shape index (κ3) is 4.70. The molecule has 0 fully saturated rings. The van der Waals surface area contributed by atoms with E-state index in [2.05, 4.69) is 6.58 Å². The lowest BCUT2D eigenvalue weighted by molar-refractivity contribution is 0.0576. The van der Waals surface area contributed by atoms with Gasteiger partial charge >= 0.3 is 0 Å². The van der Waals surface area contributed by atoms with Crippen molar-refractivity contribution in [3.8, 4) is 0 Å². The van der Waals surface area contributed by atoms with Crippen LogP contribution in [0.2, 0.25) is 0 Å². The van der Waals surface area contributed by atoms with E-state index in [1.54, 1.807) is 0 Å². The Balaban J connectivity index is 3.91. The van der Waals surface area contributed by atoms with Gasteiger partial charge in [-0.15, -0.1) is 0 Å². The predicted octanol–water partition coefficient (Wildman–Crippen LogP) is -1.52. The molecule has 1 unspecified atom stereocenters. The Kier molecular flexibility index (Phi) is 6.55. The number of aliphatic hydroxyl groups is 2. The lowest BCUT2D eigenvalue weighted by Crippen LogP contribution is -2.40. The molecule has 6 heteroatoms. The van der Waals surface area contributed by atoms with Gasteiger partial charge in [0, 0.05) is 6.20 Å². The summed E-state index contributed by atoms with van der Waals surface area (Å²) < 4.78 is 4.76. The number of hydrogen-bond donors (Lipinski definition) is 4. The van der Waals surface area contributed by atoms with Crippen LogP contribution >= 0.6 is 0 Å². The minimum absolute atomic E-state index is 0.0977. The van der Waals surface area contributed by atoms with E-state index < -0.39 is 6.10 Å². The molecule has 0 saturated carbocycles. The van der Waals surface area contributed by atoms with E-state index in [4.69, 9.17) is 21.4 Å². The second-order valence-electron chi connectivity index (χ2n) is 2.62. The van der Waals surface area contributed by atoms with Gasteiger partial charge in [0.1, 0.15) is 12.7 Å². The second kappa shape index (κ2) is 7.19. The second-order valence-corrected chi connectivity index (χ2v) is 2.62. The molecule has 0 aromatic rings. The fourth-order valence-corrected chi connectivity index (χ4v) is 0.815. The number of nitrogens with two attached hydrogens (primary N) is 2. The van der Waals surface area contributed by atoms with Crippen LogP contribution in [0.5, 0.6) is 0 Å². The molecule has 1 atom stereocenters. The summed E-state index contributed by atoms with van der Waals surface area (Å²) in [6, 6.07) is 0. The highest BCUT2D eigenvalue weighted by Crippen LogP contribution is 1.97. The molecule has 0 aromatic carbocycles. The largest absolute Gasteiger partial charge is 0.499 e. The molecule has 0 aliphatic rings. The fraction of sp³-hybridized carbons (Fsp3) is 0.500. The Hall–Kier alpha value is -1.24. The van der Waals surface area contributed by atoms with Crippen molar-refractivity contribution < 1.29 is 14.9 Å². The SMILES string of the molecule is C=COCC(O)CN(N)/C(=C\N)CO. The van der Waals surface area contributed by atoms with Gasteiger partial charge in [-0.1, -0.05) is 6.58 Å². The molecule has 6 N–H and O–H groups in total. The van der Waals surface area contributed by atoms with Gasteiger partial charge in [0.05, 0.1) is 25.1 Å². The van der Waals surface area contributed by atoms with Crippen LogP contribution < -0.4 is 11.6 Å². The first-order valence-electron chi connectivity index (χ1n) is 4.10. The molecule has 0 rings (SSSR count). The van der Waals surface area contributed by atoms with Crippen LogP contribution in [-0.2, 0) is 4.74 Å². The summed E-state index contributed by atoms with van der Waals surface area (Å²) >= 11 is 0. The molecule has 0 amide bonds. The molecule has 0 heterocycles. The maximum atomic E-state index is 9.35. The van der Waals surface area contributed by atoms with Crippen molar-refractivity contribution in [2.24, 2.45) is 11.6 Å². The minimum Gasteiger partial charge on any atom is -0.499 e. The van der Waals surface area contributed by atoms with Gasteiger partial charge in [0.2, 0.25) is 0 Å². The number of rotatable bonds is 7.